The van der Waals surface area contributed by atoms with Gasteiger partial charge >= 0.3 is 0 Å². The highest BCUT2D eigenvalue weighted by Gasteiger charge is 2.04. The number of nitrogens with one attached hydrogen (secondary N) is 1. The van der Waals surface area contributed by atoms with Crippen molar-refractivity contribution in [2.24, 2.45) is 0 Å². The molecule has 2 aromatic rings. The molecule has 1 heterocycles. The van der Waals surface area contributed by atoms with Gasteiger partial charge in [0.05, 0.1) is 10.0 Å². The molecule has 0 aliphatic rings. The Morgan fingerprint density at radius 3 is 2.74 bits per heavy atom. The normalized spacial score (nSPS) is 10.5. The zero-order valence-electron chi connectivity index (χ0n) is 10.4. The van der Waals surface area contributed by atoms with Crippen LogP contribution in [-0.4, -0.2) is 11.5 Å². The molecule has 0 aliphatic heterocycles. The minimum atomic E-state index is -0.211. The Morgan fingerprint density at radius 1 is 1.26 bits per heavy atom. The first-order valence-electron chi connectivity index (χ1n) is 5.86. The molecule has 100 valence electrons. The van der Waals surface area contributed by atoms with Gasteiger partial charge in [0, 0.05) is 12.7 Å². The molecule has 5 heteroatoms. The number of aryl methyl sites for hydroxylation is 1. The van der Waals surface area contributed by atoms with Gasteiger partial charge in [-0.25, -0.2) is 9.37 Å². The largest absolute Gasteiger partial charge is 0.369 e. The van der Waals surface area contributed by atoms with Gasteiger partial charge in [-0.15, -0.1) is 0 Å². The Kier molecular flexibility index (Phi) is 4.61. The molecule has 0 aliphatic carbocycles. The van der Waals surface area contributed by atoms with E-state index >= 15 is 0 Å². The summed E-state index contributed by atoms with van der Waals surface area (Å²) in [6, 6.07) is 6.43. The zero-order chi connectivity index (χ0) is 13.8. The van der Waals surface area contributed by atoms with Crippen molar-refractivity contribution in [2.45, 2.75) is 13.3 Å². The first-order valence-corrected chi connectivity index (χ1v) is 6.62. The van der Waals surface area contributed by atoms with E-state index in [1.54, 1.807) is 18.3 Å². The summed E-state index contributed by atoms with van der Waals surface area (Å²) in [5.74, 6) is 0.391. The van der Waals surface area contributed by atoms with Crippen LogP contribution in [0, 0.1) is 12.7 Å². The summed E-state index contributed by atoms with van der Waals surface area (Å²) in [6.45, 7) is 2.56. The Balaban J connectivity index is 1.96. The van der Waals surface area contributed by atoms with E-state index in [1.807, 2.05) is 6.92 Å². The quantitative estimate of drug-likeness (QED) is 0.899. The summed E-state index contributed by atoms with van der Waals surface area (Å²) < 4.78 is 13.0. The number of aromatic nitrogens is 1. The number of pyridine rings is 1. The molecule has 2 rings (SSSR count). The van der Waals surface area contributed by atoms with Crippen LogP contribution in [0.15, 0.2) is 30.5 Å². The van der Waals surface area contributed by atoms with Crippen molar-refractivity contribution in [3.8, 4) is 0 Å². The summed E-state index contributed by atoms with van der Waals surface area (Å²) in [6.07, 6.45) is 2.31. The van der Waals surface area contributed by atoms with Gasteiger partial charge in [-0.1, -0.05) is 29.3 Å². The topological polar surface area (TPSA) is 24.9 Å². The van der Waals surface area contributed by atoms with Crippen molar-refractivity contribution < 1.29 is 4.39 Å². The molecule has 0 bridgehead atoms. The molecule has 0 spiro atoms. The molecule has 0 atom stereocenters. The second-order valence-electron chi connectivity index (χ2n) is 4.23. The standard InChI is InChI=1S/C14H13Cl2FN2/c1-9-6-12(17)3-2-10(9)4-5-18-14-13(16)7-11(15)8-19-14/h2-3,6-8H,4-5H2,1H3,(H,18,19). The van der Waals surface area contributed by atoms with Crippen molar-refractivity contribution >= 4 is 29.0 Å². The maximum Gasteiger partial charge on any atom is 0.144 e. The lowest BCUT2D eigenvalue weighted by Gasteiger charge is -2.09. The molecule has 0 saturated heterocycles. The number of hydrogen-bond donors (Lipinski definition) is 1. The predicted octanol–water partition coefficient (Wildman–Crippen LogP) is 4.49. The van der Waals surface area contributed by atoms with E-state index < -0.39 is 0 Å². The van der Waals surface area contributed by atoms with Crippen LogP contribution >= 0.6 is 23.2 Å². The van der Waals surface area contributed by atoms with E-state index in [0.29, 0.717) is 22.4 Å². The van der Waals surface area contributed by atoms with E-state index in [0.717, 1.165) is 17.5 Å². The molecule has 1 N–H and O–H groups in total. The lowest BCUT2D eigenvalue weighted by atomic mass is 10.1. The highest BCUT2D eigenvalue weighted by Crippen LogP contribution is 2.22. The van der Waals surface area contributed by atoms with Crippen LogP contribution in [0.1, 0.15) is 11.1 Å². The molecule has 0 radical (unpaired) electrons. The van der Waals surface area contributed by atoms with Gasteiger partial charge in [-0.2, -0.15) is 0 Å². The maximum atomic E-state index is 13.0. The molecule has 19 heavy (non-hydrogen) atoms. The summed E-state index contributed by atoms with van der Waals surface area (Å²) in [4.78, 5) is 4.11. The number of nitrogens with zero attached hydrogens (tertiary/aromatic N) is 1. The van der Waals surface area contributed by atoms with E-state index in [-0.39, 0.29) is 5.82 Å². The van der Waals surface area contributed by atoms with E-state index in [9.17, 15) is 4.39 Å². The summed E-state index contributed by atoms with van der Waals surface area (Å²) in [5.41, 5.74) is 2.04. The molecular weight excluding hydrogens is 286 g/mol. The van der Waals surface area contributed by atoms with Gasteiger partial charge < -0.3 is 5.32 Å². The SMILES string of the molecule is Cc1cc(F)ccc1CCNc1ncc(Cl)cc1Cl. The van der Waals surface area contributed by atoms with Crippen LogP contribution in [0.25, 0.3) is 0 Å². The smallest absolute Gasteiger partial charge is 0.144 e. The van der Waals surface area contributed by atoms with Gasteiger partial charge in [0.15, 0.2) is 0 Å². The lowest BCUT2D eigenvalue weighted by Crippen LogP contribution is -2.07. The van der Waals surface area contributed by atoms with Crippen LogP contribution in [0.3, 0.4) is 0 Å². The predicted molar refractivity (Wildman–Crippen MR) is 77.6 cm³/mol. The third kappa shape index (κ3) is 3.82. The molecule has 1 aromatic heterocycles. The van der Waals surface area contributed by atoms with Crippen molar-refractivity contribution in [2.75, 3.05) is 11.9 Å². The van der Waals surface area contributed by atoms with Gasteiger partial charge in [0.2, 0.25) is 0 Å². The second-order valence-corrected chi connectivity index (χ2v) is 5.08. The van der Waals surface area contributed by atoms with Gasteiger partial charge in [-0.05, 0) is 42.7 Å². The number of hydrogen-bond acceptors (Lipinski definition) is 2. The Bertz CT molecular complexity index is 536. The Labute approximate surface area is 121 Å². The average molecular weight is 299 g/mol. The van der Waals surface area contributed by atoms with Crippen LogP contribution in [0.4, 0.5) is 10.2 Å². The molecule has 0 amide bonds. The number of halogens is 3. The van der Waals surface area contributed by atoms with Crippen molar-refractivity contribution in [1.82, 2.24) is 4.98 Å². The molecule has 2 nitrogen and oxygen atoms in total. The van der Waals surface area contributed by atoms with Crippen LogP contribution in [0.5, 0.6) is 0 Å². The Hall–Kier alpha value is -1.32. The fraction of sp³-hybridized carbons (Fsp3) is 0.214. The van der Waals surface area contributed by atoms with E-state index in [2.05, 4.69) is 10.3 Å². The third-order valence-electron chi connectivity index (χ3n) is 2.80. The van der Waals surface area contributed by atoms with Crippen molar-refractivity contribution in [3.63, 3.8) is 0 Å². The van der Waals surface area contributed by atoms with Crippen LogP contribution in [-0.2, 0) is 6.42 Å². The van der Waals surface area contributed by atoms with Crippen molar-refractivity contribution in [1.29, 1.82) is 0 Å². The average Bonchev–Trinajstić information content (AvgIpc) is 2.34. The fourth-order valence-electron chi connectivity index (χ4n) is 1.80. The van der Waals surface area contributed by atoms with Gasteiger partial charge in [0.25, 0.3) is 0 Å². The third-order valence-corrected chi connectivity index (χ3v) is 3.29. The van der Waals surface area contributed by atoms with Crippen molar-refractivity contribution in [3.05, 3.63) is 57.5 Å². The summed E-state index contributed by atoms with van der Waals surface area (Å²) in [5, 5.41) is 4.13. The molecular formula is C14H13Cl2FN2. The highest BCUT2D eigenvalue weighted by molar-refractivity contribution is 6.35. The minimum Gasteiger partial charge on any atom is -0.369 e. The van der Waals surface area contributed by atoms with Gasteiger partial charge in [0.1, 0.15) is 11.6 Å². The fourth-order valence-corrected chi connectivity index (χ4v) is 2.25. The Morgan fingerprint density at radius 2 is 2.05 bits per heavy atom. The number of benzene rings is 1. The minimum absolute atomic E-state index is 0.211. The first kappa shape index (κ1) is 14.1. The number of rotatable bonds is 4. The maximum absolute atomic E-state index is 13.0. The zero-order valence-corrected chi connectivity index (χ0v) is 11.9. The van der Waals surface area contributed by atoms with Crippen LogP contribution in [0.2, 0.25) is 10.0 Å². The van der Waals surface area contributed by atoms with Gasteiger partial charge in [-0.3, -0.25) is 0 Å². The van der Waals surface area contributed by atoms with Crippen LogP contribution < -0.4 is 5.32 Å². The molecule has 0 fully saturated rings. The second kappa shape index (κ2) is 6.22. The summed E-state index contributed by atoms with van der Waals surface area (Å²) in [7, 11) is 0. The summed E-state index contributed by atoms with van der Waals surface area (Å²) >= 11 is 11.8. The molecule has 1 aromatic carbocycles. The first-order chi connectivity index (χ1) is 9.06. The van der Waals surface area contributed by atoms with E-state index in [4.69, 9.17) is 23.2 Å². The lowest BCUT2D eigenvalue weighted by molar-refractivity contribution is 0.625. The highest BCUT2D eigenvalue weighted by atomic mass is 35.5. The molecule has 0 unspecified atom stereocenters. The monoisotopic (exact) mass is 298 g/mol. The molecule has 0 saturated carbocycles. The van der Waals surface area contributed by atoms with E-state index in [1.165, 1.54) is 12.1 Å². The number of anilines is 1.